The largest absolute Gasteiger partial charge is 0.342 e. The van der Waals surface area contributed by atoms with Gasteiger partial charge in [-0.05, 0) is 44.0 Å². The monoisotopic (exact) mass is 494 g/mol. The second kappa shape index (κ2) is 11.4. The van der Waals surface area contributed by atoms with Crippen LogP contribution < -0.4 is 10.6 Å². The summed E-state index contributed by atoms with van der Waals surface area (Å²) in [4.78, 5) is 35.6. The van der Waals surface area contributed by atoms with E-state index in [2.05, 4.69) is 27.4 Å². The summed E-state index contributed by atoms with van der Waals surface area (Å²) in [6.45, 7) is 9.56. The van der Waals surface area contributed by atoms with Gasteiger partial charge in [0.15, 0.2) is 11.0 Å². The number of anilines is 1. The minimum atomic E-state index is -0.483. The summed E-state index contributed by atoms with van der Waals surface area (Å²) in [6, 6.07) is 11.1. The average molecular weight is 495 g/mol. The zero-order valence-electron chi connectivity index (χ0n) is 19.6. The molecule has 0 radical (unpaired) electrons. The molecule has 0 aliphatic carbocycles. The molecule has 182 valence electrons. The molecule has 0 fully saturated rings. The molecule has 1 unspecified atom stereocenters. The van der Waals surface area contributed by atoms with Gasteiger partial charge in [-0.15, -0.1) is 16.8 Å². The number of allylic oxidation sites excluding steroid dienone is 1. The molecule has 0 saturated carbocycles. The number of hydrogen-bond acceptors (Lipinski definition) is 7. The SMILES string of the molecule is C=CCn1c(SCC(=O)Nc2ccc([N+](=O)[O-])cc2C)nnc1C(C)NC(=O)c1ccccc1C. The maximum Gasteiger partial charge on any atom is 0.269 e. The van der Waals surface area contributed by atoms with E-state index in [1.807, 2.05) is 32.0 Å². The van der Waals surface area contributed by atoms with Crippen molar-refractivity contribution in [1.82, 2.24) is 20.1 Å². The second-order valence-corrected chi connectivity index (χ2v) is 8.79. The van der Waals surface area contributed by atoms with Gasteiger partial charge in [0, 0.05) is 29.9 Å². The Morgan fingerprint density at radius 1 is 1.20 bits per heavy atom. The molecule has 35 heavy (non-hydrogen) atoms. The smallest absolute Gasteiger partial charge is 0.269 e. The van der Waals surface area contributed by atoms with Crippen molar-refractivity contribution in [3.63, 3.8) is 0 Å². The number of aromatic nitrogens is 3. The lowest BCUT2D eigenvalue weighted by Crippen LogP contribution is -2.29. The van der Waals surface area contributed by atoms with Crippen LogP contribution in [0.5, 0.6) is 0 Å². The number of non-ortho nitro benzene ring substituents is 1. The van der Waals surface area contributed by atoms with E-state index in [-0.39, 0.29) is 23.3 Å². The Hall–Kier alpha value is -3.99. The standard InChI is InChI=1S/C24H26N6O4S/c1-5-12-29-22(17(4)25-23(32)19-9-7-6-8-15(19)2)27-28-24(29)35-14-21(31)26-20-11-10-18(30(33)34)13-16(20)3/h5-11,13,17H,1,12,14H2,2-4H3,(H,25,32)(H,26,31). The fourth-order valence-corrected chi connectivity index (χ4v) is 4.17. The quantitative estimate of drug-likeness (QED) is 0.187. The van der Waals surface area contributed by atoms with Gasteiger partial charge in [0.1, 0.15) is 0 Å². The highest BCUT2D eigenvalue weighted by molar-refractivity contribution is 7.99. The number of carbonyl (C=O) groups is 2. The van der Waals surface area contributed by atoms with Crippen LogP contribution in [0, 0.1) is 24.0 Å². The molecule has 0 aliphatic rings. The molecular formula is C24H26N6O4S. The molecular weight excluding hydrogens is 468 g/mol. The van der Waals surface area contributed by atoms with Crippen LogP contribution in [-0.4, -0.2) is 37.3 Å². The molecule has 2 N–H and O–H groups in total. The van der Waals surface area contributed by atoms with E-state index in [1.165, 1.54) is 30.0 Å². The molecule has 1 aromatic heterocycles. The van der Waals surface area contributed by atoms with Crippen molar-refractivity contribution < 1.29 is 14.5 Å². The van der Waals surface area contributed by atoms with Gasteiger partial charge < -0.3 is 15.2 Å². The Morgan fingerprint density at radius 3 is 2.60 bits per heavy atom. The summed E-state index contributed by atoms with van der Waals surface area (Å²) in [5, 5.41) is 25.6. The van der Waals surface area contributed by atoms with Gasteiger partial charge in [0.2, 0.25) is 5.91 Å². The van der Waals surface area contributed by atoms with Crippen molar-refractivity contribution in [3.05, 3.63) is 87.7 Å². The third-order valence-electron chi connectivity index (χ3n) is 5.21. The molecule has 1 heterocycles. The predicted molar refractivity (Wildman–Crippen MR) is 134 cm³/mol. The number of hydrogen-bond donors (Lipinski definition) is 2. The molecule has 10 nitrogen and oxygen atoms in total. The van der Waals surface area contributed by atoms with Crippen molar-refractivity contribution in [2.75, 3.05) is 11.1 Å². The fourth-order valence-electron chi connectivity index (χ4n) is 3.41. The lowest BCUT2D eigenvalue weighted by Gasteiger charge is -2.16. The van der Waals surface area contributed by atoms with E-state index in [9.17, 15) is 19.7 Å². The number of nitro benzene ring substituents is 1. The molecule has 0 bridgehead atoms. The van der Waals surface area contributed by atoms with Crippen molar-refractivity contribution in [1.29, 1.82) is 0 Å². The maximum atomic E-state index is 12.7. The molecule has 2 amide bonds. The Balaban J connectivity index is 1.67. The van der Waals surface area contributed by atoms with Gasteiger partial charge in [-0.1, -0.05) is 36.0 Å². The number of nitro groups is 1. The van der Waals surface area contributed by atoms with Gasteiger partial charge in [-0.2, -0.15) is 0 Å². The van der Waals surface area contributed by atoms with E-state index in [0.29, 0.717) is 34.3 Å². The van der Waals surface area contributed by atoms with Crippen LogP contribution in [0.25, 0.3) is 0 Å². The number of nitrogens with one attached hydrogen (secondary N) is 2. The third-order valence-corrected chi connectivity index (χ3v) is 6.18. The molecule has 0 aliphatic heterocycles. The number of carbonyl (C=O) groups excluding carboxylic acids is 2. The second-order valence-electron chi connectivity index (χ2n) is 7.84. The lowest BCUT2D eigenvalue weighted by atomic mass is 10.1. The molecule has 3 rings (SSSR count). The minimum Gasteiger partial charge on any atom is -0.342 e. The molecule has 3 aromatic rings. The Morgan fingerprint density at radius 2 is 1.94 bits per heavy atom. The molecule has 2 aromatic carbocycles. The first kappa shape index (κ1) is 25.6. The Labute approximate surface area is 207 Å². The van der Waals surface area contributed by atoms with Crippen LogP contribution in [-0.2, 0) is 11.3 Å². The summed E-state index contributed by atoms with van der Waals surface area (Å²) in [7, 11) is 0. The van der Waals surface area contributed by atoms with Gasteiger partial charge in [0.05, 0.1) is 16.7 Å². The van der Waals surface area contributed by atoms with E-state index in [0.717, 1.165) is 5.56 Å². The predicted octanol–water partition coefficient (Wildman–Crippen LogP) is 4.21. The van der Waals surface area contributed by atoms with Crippen molar-refractivity contribution in [2.24, 2.45) is 0 Å². The summed E-state index contributed by atoms with van der Waals surface area (Å²) in [5.74, 6) is 0.0923. The van der Waals surface area contributed by atoms with Crippen LogP contribution in [0.4, 0.5) is 11.4 Å². The number of nitrogens with zero attached hydrogens (tertiary/aromatic N) is 4. The first-order valence-electron chi connectivity index (χ1n) is 10.8. The fraction of sp³-hybridized carbons (Fsp3) is 0.250. The van der Waals surface area contributed by atoms with E-state index < -0.39 is 11.0 Å². The summed E-state index contributed by atoms with van der Waals surface area (Å²) in [6.07, 6.45) is 1.69. The van der Waals surface area contributed by atoms with E-state index in [1.54, 1.807) is 23.6 Å². The summed E-state index contributed by atoms with van der Waals surface area (Å²) < 4.78 is 1.80. The van der Waals surface area contributed by atoms with Crippen molar-refractivity contribution >= 4 is 35.0 Å². The highest BCUT2D eigenvalue weighted by Crippen LogP contribution is 2.24. The molecule has 0 saturated heterocycles. The van der Waals surface area contributed by atoms with E-state index >= 15 is 0 Å². The van der Waals surface area contributed by atoms with Crippen LogP contribution >= 0.6 is 11.8 Å². The number of aryl methyl sites for hydroxylation is 2. The third kappa shape index (κ3) is 6.33. The lowest BCUT2D eigenvalue weighted by molar-refractivity contribution is -0.384. The zero-order valence-corrected chi connectivity index (χ0v) is 20.5. The zero-order chi connectivity index (χ0) is 25.5. The maximum absolute atomic E-state index is 12.7. The van der Waals surface area contributed by atoms with Crippen LogP contribution in [0.3, 0.4) is 0 Å². The highest BCUT2D eigenvalue weighted by Gasteiger charge is 2.21. The average Bonchev–Trinajstić information content (AvgIpc) is 3.22. The Kier molecular flexibility index (Phi) is 8.37. The van der Waals surface area contributed by atoms with Crippen LogP contribution in [0.15, 0.2) is 60.3 Å². The molecule has 11 heteroatoms. The van der Waals surface area contributed by atoms with Crippen LogP contribution in [0.1, 0.15) is 40.3 Å². The van der Waals surface area contributed by atoms with E-state index in [4.69, 9.17) is 0 Å². The molecule has 0 spiro atoms. The van der Waals surface area contributed by atoms with Crippen molar-refractivity contribution in [3.8, 4) is 0 Å². The van der Waals surface area contributed by atoms with Gasteiger partial charge in [-0.25, -0.2) is 0 Å². The number of rotatable bonds is 10. The van der Waals surface area contributed by atoms with Gasteiger partial charge in [-0.3, -0.25) is 19.7 Å². The van der Waals surface area contributed by atoms with Gasteiger partial charge in [0.25, 0.3) is 11.6 Å². The first-order chi connectivity index (χ1) is 16.7. The first-order valence-corrected chi connectivity index (χ1v) is 11.8. The minimum absolute atomic E-state index is 0.0384. The summed E-state index contributed by atoms with van der Waals surface area (Å²) in [5.41, 5.74) is 2.51. The number of amides is 2. The summed E-state index contributed by atoms with van der Waals surface area (Å²) >= 11 is 1.19. The van der Waals surface area contributed by atoms with Crippen molar-refractivity contribution in [2.45, 2.75) is 38.5 Å². The normalized spacial score (nSPS) is 11.5. The number of benzene rings is 2. The Bertz CT molecular complexity index is 1270. The van der Waals surface area contributed by atoms with Crippen LogP contribution in [0.2, 0.25) is 0 Å². The van der Waals surface area contributed by atoms with Gasteiger partial charge >= 0.3 is 0 Å². The molecule has 1 atom stereocenters. The topological polar surface area (TPSA) is 132 Å². The number of thioether (sulfide) groups is 1. The highest BCUT2D eigenvalue weighted by atomic mass is 32.2.